The van der Waals surface area contributed by atoms with E-state index in [4.69, 9.17) is 0 Å². The van der Waals surface area contributed by atoms with Crippen LogP contribution in [0.2, 0.25) is 0 Å². The van der Waals surface area contributed by atoms with Crippen LogP contribution < -0.4 is 20.0 Å². The minimum atomic E-state index is -0.817. The van der Waals surface area contributed by atoms with Crippen molar-refractivity contribution in [3.05, 3.63) is 54.5 Å². The number of nitrogens with one attached hydrogen (secondary N) is 1. The minimum absolute atomic E-state index is 0.0860. The Kier molecular flexibility index (Phi) is 5.86. The zero-order valence-corrected chi connectivity index (χ0v) is 18.5. The number of amides is 1. The van der Waals surface area contributed by atoms with Gasteiger partial charge in [0.05, 0.1) is 43.4 Å². The summed E-state index contributed by atoms with van der Waals surface area (Å²) in [6.07, 6.45) is 6.10. The van der Waals surface area contributed by atoms with Crippen LogP contribution in [0, 0.1) is 5.82 Å². The first kappa shape index (κ1) is 21.9. The lowest BCUT2D eigenvalue weighted by atomic mass is 10.2. The van der Waals surface area contributed by atoms with E-state index in [-0.39, 0.29) is 11.9 Å². The molecular formula is C22H23F2N9O. The molecule has 1 N–H and O–H groups in total. The van der Waals surface area contributed by atoms with Crippen molar-refractivity contribution in [1.82, 2.24) is 24.9 Å². The van der Waals surface area contributed by atoms with Gasteiger partial charge in [0.15, 0.2) is 11.6 Å². The summed E-state index contributed by atoms with van der Waals surface area (Å²) < 4.78 is 26.1. The Hall–Kier alpha value is -3.96. The molecule has 1 atom stereocenters. The number of halogens is 2. The zero-order chi connectivity index (χ0) is 23.7. The quantitative estimate of drug-likeness (QED) is 0.603. The Morgan fingerprint density at radius 3 is 2.29 bits per heavy atom. The van der Waals surface area contributed by atoms with Crippen molar-refractivity contribution < 1.29 is 13.6 Å². The van der Waals surface area contributed by atoms with Crippen molar-refractivity contribution in [1.29, 1.82) is 0 Å². The van der Waals surface area contributed by atoms with Crippen LogP contribution >= 0.6 is 0 Å². The summed E-state index contributed by atoms with van der Waals surface area (Å²) in [6.45, 7) is 4.68. The molecule has 0 bridgehead atoms. The number of anilines is 4. The van der Waals surface area contributed by atoms with Gasteiger partial charge in [0, 0.05) is 31.9 Å². The molecule has 10 nitrogen and oxygen atoms in total. The Labute approximate surface area is 194 Å². The van der Waals surface area contributed by atoms with Crippen molar-refractivity contribution >= 4 is 29.3 Å². The van der Waals surface area contributed by atoms with Crippen LogP contribution in [0.15, 0.2) is 43.1 Å². The fraction of sp³-hybridized carbons (Fsp3) is 0.364. The maximum absolute atomic E-state index is 13.1. The second-order valence-electron chi connectivity index (χ2n) is 8.31. The molecule has 0 saturated carbocycles. The van der Waals surface area contributed by atoms with Crippen molar-refractivity contribution in [3.8, 4) is 0 Å². The number of hydrogen-bond donors (Lipinski definition) is 1. The van der Waals surface area contributed by atoms with Crippen LogP contribution in [0.3, 0.4) is 0 Å². The van der Waals surface area contributed by atoms with Gasteiger partial charge in [0.2, 0.25) is 5.95 Å². The van der Waals surface area contributed by atoms with Crippen LogP contribution in [0.5, 0.6) is 0 Å². The lowest BCUT2D eigenvalue weighted by Crippen LogP contribution is -2.53. The third-order valence-electron chi connectivity index (χ3n) is 5.87. The second kappa shape index (κ2) is 9.12. The summed E-state index contributed by atoms with van der Waals surface area (Å²) in [5.74, 6) is 1.35. The molecule has 0 spiro atoms. The molecule has 0 aromatic carbocycles. The van der Waals surface area contributed by atoms with Gasteiger partial charge in [-0.3, -0.25) is 4.79 Å². The molecule has 3 aromatic heterocycles. The number of carbonyl (C=O) groups excluding carboxylic acids is 1. The second-order valence-corrected chi connectivity index (χ2v) is 8.31. The summed E-state index contributed by atoms with van der Waals surface area (Å²) >= 11 is 0. The van der Waals surface area contributed by atoms with E-state index in [1.54, 1.807) is 18.3 Å². The van der Waals surface area contributed by atoms with Crippen molar-refractivity contribution in [2.24, 2.45) is 0 Å². The van der Waals surface area contributed by atoms with Gasteiger partial charge in [-0.2, -0.15) is 0 Å². The fourth-order valence-electron chi connectivity index (χ4n) is 3.97. The summed E-state index contributed by atoms with van der Waals surface area (Å²) in [5, 5.41) is 2.71. The van der Waals surface area contributed by atoms with Crippen LogP contribution in [0.1, 0.15) is 17.3 Å². The summed E-state index contributed by atoms with van der Waals surface area (Å²) in [5.41, 5.74) is 0.375. The molecule has 12 heteroatoms. The van der Waals surface area contributed by atoms with Crippen LogP contribution in [0.25, 0.3) is 0 Å². The molecule has 2 fully saturated rings. The SMILES string of the molecule is C[C@@H]1CN(c2cnc(NC(=O)c3ccc(N4CC(F)C4)nc3)cn2)CCN1c1ncc(F)cn1. The van der Waals surface area contributed by atoms with E-state index >= 15 is 0 Å². The molecule has 0 unspecified atom stereocenters. The van der Waals surface area contributed by atoms with Crippen LogP contribution in [-0.4, -0.2) is 75.8 Å². The third-order valence-corrected chi connectivity index (χ3v) is 5.87. The van der Waals surface area contributed by atoms with Gasteiger partial charge in [-0.15, -0.1) is 0 Å². The van der Waals surface area contributed by atoms with Crippen molar-refractivity contribution in [2.45, 2.75) is 19.1 Å². The van der Waals surface area contributed by atoms with E-state index in [0.717, 1.165) is 12.4 Å². The first-order valence-electron chi connectivity index (χ1n) is 10.9. The molecule has 34 heavy (non-hydrogen) atoms. The molecule has 2 saturated heterocycles. The maximum atomic E-state index is 13.1. The summed E-state index contributed by atoms with van der Waals surface area (Å²) in [7, 11) is 0. The molecule has 176 valence electrons. The minimum Gasteiger partial charge on any atom is -0.352 e. The first-order valence-corrected chi connectivity index (χ1v) is 10.9. The molecule has 3 aromatic rings. The van der Waals surface area contributed by atoms with E-state index < -0.39 is 12.0 Å². The lowest BCUT2D eigenvalue weighted by molar-refractivity contribution is 0.102. The highest BCUT2D eigenvalue weighted by Crippen LogP contribution is 2.22. The van der Waals surface area contributed by atoms with Crippen LogP contribution in [-0.2, 0) is 0 Å². The Morgan fingerprint density at radius 1 is 0.912 bits per heavy atom. The van der Waals surface area contributed by atoms with Gasteiger partial charge >= 0.3 is 0 Å². The number of hydrogen-bond acceptors (Lipinski definition) is 9. The average molecular weight is 467 g/mol. The Morgan fingerprint density at radius 2 is 1.68 bits per heavy atom. The number of pyridine rings is 1. The zero-order valence-electron chi connectivity index (χ0n) is 18.5. The van der Waals surface area contributed by atoms with Crippen LogP contribution in [0.4, 0.5) is 32.2 Å². The normalized spacial score (nSPS) is 18.6. The molecule has 0 radical (unpaired) electrons. The topological polar surface area (TPSA) is 103 Å². The first-order chi connectivity index (χ1) is 16.5. The van der Waals surface area contributed by atoms with Gasteiger partial charge in [-0.05, 0) is 19.1 Å². The molecule has 5 rings (SSSR count). The summed E-state index contributed by atoms with van der Waals surface area (Å²) in [4.78, 5) is 39.6. The van der Waals surface area contributed by atoms with E-state index in [0.29, 0.717) is 61.7 Å². The number of nitrogens with zero attached hydrogens (tertiary/aromatic N) is 8. The fourth-order valence-corrected chi connectivity index (χ4v) is 3.97. The third kappa shape index (κ3) is 4.56. The Bertz CT molecular complexity index is 1140. The predicted octanol–water partition coefficient (Wildman–Crippen LogP) is 1.93. The highest BCUT2D eigenvalue weighted by atomic mass is 19.1. The molecule has 2 aliphatic rings. The maximum Gasteiger partial charge on any atom is 0.258 e. The van der Waals surface area contributed by atoms with Gasteiger partial charge in [-0.1, -0.05) is 0 Å². The van der Waals surface area contributed by atoms with Gasteiger partial charge < -0.3 is 20.0 Å². The number of rotatable bonds is 5. The number of alkyl halides is 1. The number of piperazine rings is 1. The Balaban J connectivity index is 1.17. The molecular weight excluding hydrogens is 444 g/mol. The number of carbonyl (C=O) groups is 1. The van der Waals surface area contributed by atoms with Gasteiger partial charge in [0.25, 0.3) is 5.91 Å². The monoisotopic (exact) mass is 467 g/mol. The van der Waals surface area contributed by atoms with E-state index in [1.165, 1.54) is 12.4 Å². The smallest absolute Gasteiger partial charge is 0.258 e. The van der Waals surface area contributed by atoms with Gasteiger partial charge in [-0.25, -0.2) is 33.7 Å². The van der Waals surface area contributed by atoms with Crippen molar-refractivity contribution in [2.75, 3.05) is 52.7 Å². The average Bonchev–Trinajstić information content (AvgIpc) is 2.83. The molecule has 1 amide bonds. The van der Waals surface area contributed by atoms with Gasteiger partial charge in [0.1, 0.15) is 17.8 Å². The number of aromatic nitrogens is 5. The van der Waals surface area contributed by atoms with E-state index in [1.807, 2.05) is 16.7 Å². The molecule has 2 aliphatic heterocycles. The highest BCUT2D eigenvalue weighted by Gasteiger charge is 2.28. The lowest BCUT2D eigenvalue weighted by Gasteiger charge is -2.40. The molecule has 5 heterocycles. The van der Waals surface area contributed by atoms with E-state index in [2.05, 4.69) is 35.1 Å². The standard InChI is InChI=1S/C22H23F2N9O/c1-14-11-31(4-5-33(14)22-28-7-16(23)8-29-22)20-10-25-18(9-27-20)30-21(34)15-2-3-19(26-6-15)32-12-17(24)13-32/h2-3,6-10,14,17H,4-5,11-13H2,1H3,(H,25,30,34)/t14-/m1/s1. The van der Waals surface area contributed by atoms with E-state index in [9.17, 15) is 13.6 Å². The largest absolute Gasteiger partial charge is 0.352 e. The van der Waals surface area contributed by atoms with Crippen molar-refractivity contribution in [3.63, 3.8) is 0 Å². The molecule has 0 aliphatic carbocycles. The predicted molar refractivity (Wildman–Crippen MR) is 122 cm³/mol. The highest BCUT2D eigenvalue weighted by molar-refractivity contribution is 6.03. The summed E-state index contributed by atoms with van der Waals surface area (Å²) in [6, 6.07) is 3.44.